The standard InChI is InChI=1S/C17H24O4/c1-3-4-5-15(16(18)19)17(20)9-8-12-6-7-14(21-2)10-13(12)11-17/h6-7,10,15,20H,3-5,8-9,11H2,1-2H3,(H,18,19). The van der Waals surface area contributed by atoms with Gasteiger partial charge in [0.25, 0.3) is 0 Å². The second kappa shape index (κ2) is 6.48. The van der Waals surface area contributed by atoms with Crippen LogP contribution in [0.2, 0.25) is 0 Å². The third-order valence-electron chi connectivity index (χ3n) is 4.53. The first-order valence-electron chi connectivity index (χ1n) is 7.61. The van der Waals surface area contributed by atoms with Gasteiger partial charge in [-0.05, 0) is 42.5 Å². The minimum absolute atomic E-state index is 0.389. The molecule has 0 heterocycles. The Morgan fingerprint density at radius 2 is 2.19 bits per heavy atom. The summed E-state index contributed by atoms with van der Waals surface area (Å²) in [5.74, 6) is -0.840. The van der Waals surface area contributed by atoms with Gasteiger partial charge in [-0.2, -0.15) is 0 Å². The Bertz CT molecular complexity index is 512. The highest BCUT2D eigenvalue weighted by Gasteiger charge is 2.43. The molecule has 0 aliphatic heterocycles. The molecule has 21 heavy (non-hydrogen) atoms. The number of hydrogen-bond acceptors (Lipinski definition) is 3. The molecule has 2 atom stereocenters. The molecule has 0 amide bonds. The summed E-state index contributed by atoms with van der Waals surface area (Å²) in [6.45, 7) is 2.03. The molecule has 0 bridgehead atoms. The molecule has 4 nitrogen and oxygen atoms in total. The van der Waals surface area contributed by atoms with Gasteiger partial charge in [0.1, 0.15) is 5.75 Å². The first kappa shape index (κ1) is 15.8. The summed E-state index contributed by atoms with van der Waals surface area (Å²) in [5, 5.41) is 20.4. The lowest BCUT2D eigenvalue weighted by Crippen LogP contribution is -2.46. The van der Waals surface area contributed by atoms with Gasteiger partial charge < -0.3 is 14.9 Å². The predicted octanol–water partition coefficient (Wildman–Crippen LogP) is 2.81. The van der Waals surface area contributed by atoms with Gasteiger partial charge in [-0.25, -0.2) is 0 Å². The molecule has 1 aliphatic rings. The smallest absolute Gasteiger partial charge is 0.309 e. The van der Waals surface area contributed by atoms with Crippen molar-refractivity contribution in [2.24, 2.45) is 5.92 Å². The van der Waals surface area contributed by atoms with Crippen LogP contribution in [0.5, 0.6) is 5.75 Å². The molecule has 4 heteroatoms. The Hall–Kier alpha value is -1.55. The summed E-state index contributed by atoms with van der Waals surface area (Å²) >= 11 is 0. The summed E-state index contributed by atoms with van der Waals surface area (Å²) < 4.78 is 5.22. The van der Waals surface area contributed by atoms with E-state index >= 15 is 0 Å². The molecule has 0 saturated carbocycles. The first-order valence-corrected chi connectivity index (χ1v) is 7.61. The fourth-order valence-corrected chi connectivity index (χ4v) is 3.23. The van der Waals surface area contributed by atoms with E-state index in [2.05, 4.69) is 0 Å². The number of hydrogen-bond donors (Lipinski definition) is 2. The van der Waals surface area contributed by atoms with Crippen molar-refractivity contribution < 1.29 is 19.7 Å². The lowest BCUT2D eigenvalue weighted by Gasteiger charge is -2.38. The van der Waals surface area contributed by atoms with Crippen LogP contribution in [-0.4, -0.2) is 28.9 Å². The first-order chi connectivity index (χ1) is 10.00. The fourth-order valence-electron chi connectivity index (χ4n) is 3.23. The number of carboxylic acids is 1. The maximum atomic E-state index is 11.6. The van der Waals surface area contributed by atoms with E-state index in [0.717, 1.165) is 24.2 Å². The Morgan fingerprint density at radius 3 is 2.81 bits per heavy atom. The number of methoxy groups -OCH3 is 1. The topological polar surface area (TPSA) is 66.8 Å². The molecule has 0 aromatic heterocycles. The van der Waals surface area contributed by atoms with Crippen molar-refractivity contribution in [1.82, 2.24) is 0 Å². The van der Waals surface area contributed by atoms with Crippen LogP contribution in [0.25, 0.3) is 0 Å². The van der Waals surface area contributed by atoms with Crippen LogP contribution >= 0.6 is 0 Å². The quantitative estimate of drug-likeness (QED) is 0.846. The Morgan fingerprint density at radius 1 is 1.43 bits per heavy atom. The van der Waals surface area contributed by atoms with Gasteiger partial charge in [-0.3, -0.25) is 4.79 Å². The molecule has 1 aromatic carbocycles. The van der Waals surface area contributed by atoms with E-state index in [-0.39, 0.29) is 0 Å². The zero-order chi connectivity index (χ0) is 15.5. The molecule has 0 saturated heterocycles. The third-order valence-corrected chi connectivity index (χ3v) is 4.53. The summed E-state index contributed by atoms with van der Waals surface area (Å²) in [6.07, 6.45) is 3.90. The van der Waals surface area contributed by atoms with Crippen LogP contribution in [0.3, 0.4) is 0 Å². The van der Waals surface area contributed by atoms with Crippen molar-refractivity contribution in [3.63, 3.8) is 0 Å². The zero-order valence-corrected chi connectivity index (χ0v) is 12.8. The molecule has 0 fully saturated rings. The average Bonchev–Trinajstić information content (AvgIpc) is 2.46. The molecular weight excluding hydrogens is 268 g/mol. The highest BCUT2D eigenvalue weighted by molar-refractivity contribution is 5.71. The van der Waals surface area contributed by atoms with Crippen LogP contribution in [0.1, 0.15) is 43.7 Å². The molecule has 1 aliphatic carbocycles. The number of carbonyl (C=O) groups is 1. The van der Waals surface area contributed by atoms with Gasteiger partial charge in [0.2, 0.25) is 0 Å². The van der Waals surface area contributed by atoms with Gasteiger partial charge in [-0.1, -0.05) is 25.8 Å². The fraction of sp³-hybridized carbons (Fsp3) is 0.588. The van der Waals surface area contributed by atoms with Crippen molar-refractivity contribution in [3.8, 4) is 5.75 Å². The van der Waals surface area contributed by atoms with Gasteiger partial charge >= 0.3 is 5.97 Å². The highest BCUT2D eigenvalue weighted by Crippen LogP contribution is 2.37. The molecule has 116 valence electrons. The number of unbranched alkanes of at least 4 members (excludes halogenated alkanes) is 1. The van der Waals surface area contributed by atoms with Crippen LogP contribution in [0, 0.1) is 5.92 Å². The minimum Gasteiger partial charge on any atom is -0.497 e. The third kappa shape index (κ3) is 3.38. The van der Waals surface area contributed by atoms with Gasteiger partial charge in [0.15, 0.2) is 0 Å². The summed E-state index contributed by atoms with van der Waals surface area (Å²) in [6, 6.07) is 5.84. The Kier molecular flexibility index (Phi) is 4.88. The minimum atomic E-state index is -1.15. The SMILES string of the molecule is CCCCC(C(=O)O)C1(O)CCc2ccc(OC)cc2C1. The summed E-state index contributed by atoms with van der Waals surface area (Å²) in [4.78, 5) is 11.6. The normalized spacial score (nSPS) is 22.4. The maximum absolute atomic E-state index is 11.6. The number of ether oxygens (including phenoxy) is 1. The number of benzene rings is 1. The second-order valence-corrected chi connectivity index (χ2v) is 5.95. The number of aliphatic carboxylic acids is 1. The molecule has 0 spiro atoms. The van der Waals surface area contributed by atoms with E-state index in [4.69, 9.17) is 4.74 Å². The number of fused-ring (bicyclic) bond motifs is 1. The monoisotopic (exact) mass is 292 g/mol. The van der Waals surface area contributed by atoms with Crippen molar-refractivity contribution >= 4 is 5.97 Å². The Balaban J connectivity index is 2.25. The van der Waals surface area contributed by atoms with E-state index in [1.54, 1.807) is 7.11 Å². The lowest BCUT2D eigenvalue weighted by atomic mass is 9.71. The number of rotatable bonds is 6. The van der Waals surface area contributed by atoms with E-state index in [1.165, 1.54) is 5.56 Å². The molecule has 0 radical (unpaired) electrons. The highest BCUT2D eigenvalue weighted by atomic mass is 16.5. The number of aliphatic hydroxyl groups is 1. The van der Waals surface area contributed by atoms with Gasteiger partial charge in [0, 0.05) is 6.42 Å². The lowest BCUT2D eigenvalue weighted by molar-refractivity contribution is -0.153. The largest absolute Gasteiger partial charge is 0.497 e. The van der Waals surface area contributed by atoms with Crippen molar-refractivity contribution in [1.29, 1.82) is 0 Å². The summed E-state index contributed by atoms with van der Waals surface area (Å²) in [5.41, 5.74) is 1.03. The van der Waals surface area contributed by atoms with E-state index in [0.29, 0.717) is 25.7 Å². The molecule has 2 unspecified atom stereocenters. The molecule has 2 N–H and O–H groups in total. The van der Waals surface area contributed by atoms with Crippen LogP contribution in [0.4, 0.5) is 0 Å². The van der Waals surface area contributed by atoms with Crippen molar-refractivity contribution in [2.45, 2.75) is 51.0 Å². The molecular formula is C17H24O4. The number of carboxylic acid groups (broad SMARTS) is 1. The van der Waals surface area contributed by atoms with Crippen molar-refractivity contribution in [3.05, 3.63) is 29.3 Å². The summed E-state index contributed by atoms with van der Waals surface area (Å²) in [7, 11) is 1.61. The van der Waals surface area contributed by atoms with E-state index in [9.17, 15) is 15.0 Å². The van der Waals surface area contributed by atoms with Gasteiger partial charge in [-0.15, -0.1) is 0 Å². The maximum Gasteiger partial charge on any atom is 0.309 e. The predicted molar refractivity (Wildman–Crippen MR) is 80.6 cm³/mol. The van der Waals surface area contributed by atoms with Crippen LogP contribution < -0.4 is 4.74 Å². The van der Waals surface area contributed by atoms with Crippen LogP contribution in [0.15, 0.2) is 18.2 Å². The molecule has 2 rings (SSSR count). The Labute approximate surface area is 125 Å². The van der Waals surface area contributed by atoms with Gasteiger partial charge in [0.05, 0.1) is 18.6 Å². The van der Waals surface area contributed by atoms with E-state index in [1.807, 2.05) is 25.1 Å². The second-order valence-electron chi connectivity index (χ2n) is 5.95. The zero-order valence-electron chi connectivity index (χ0n) is 12.8. The van der Waals surface area contributed by atoms with E-state index < -0.39 is 17.5 Å². The number of aryl methyl sites for hydroxylation is 1. The average molecular weight is 292 g/mol. The van der Waals surface area contributed by atoms with Crippen LogP contribution in [-0.2, 0) is 17.6 Å². The molecule has 1 aromatic rings. The van der Waals surface area contributed by atoms with Crippen molar-refractivity contribution in [2.75, 3.05) is 7.11 Å².